The highest BCUT2D eigenvalue weighted by Crippen LogP contribution is 2.35. The Hall–Kier alpha value is -2.17. The van der Waals surface area contributed by atoms with Crippen molar-refractivity contribution in [2.24, 2.45) is 0 Å². The van der Waals surface area contributed by atoms with E-state index in [-0.39, 0.29) is 11.8 Å². The first-order valence-electron chi connectivity index (χ1n) is 8.89. The molecule has 1 amide bonds. The lowest BCUT2D eigenvalue weighted by Gasteiger charge is -2.35. The maximum atomic E-state index is 13.0. The zero-order valence-electron chi connectivity index (χ0n) is 14.1. The molecule has 0 unspecified atom stereocenters. The molecule has 24 heavy (non-hydrogen) atoms. The number of likely N-dealkylation sites (tertiary alicyclic amines) is 1. The number of hydrogen-bond acceptors (Lipinski definition) is 4. The van der Waals surface area contributed by atoms with Crippen molar-refractivity contribution in [1.82, 2.24) is 15.0 Å². The van der Waals surface area contributed by atoms with Gasteiger partial charge >= 0.3 is 0 Å². The fraction of sp³-hybridized carbons (Fsp3) is 0.526. The van der Waals surface area contributed by atoms with E-state index in [1.807, 2.05) is 11.8 Å². The van der Waals surface area contributed by atoms with E-state index in [0.29, 0.717) is 11.7 Å². The molecule has 2 aromatic rings. The van der Waals surface area contributed by atoms with Crippen molar-refractivity contribution in [3.63, 3.8) is 0 Å². The Balaban J connectivity index is 1.44. The third-order valence-corrected chi connectivity index (χ3v) is 5.37. The van der Waals surface area contributed by atoms with Gasteiger partial charge in [0.05, 0.1) is 5.92 Å². The van der Waals surface area contributed by atoms with Gasteiger partial charge in [-0.1, -0.05) is 29.4 Å². The lowest BCUT2D eigenvalue weighted by Crippen LogP contribution is -2.41. The molecule has 1 aromatic heterocycles. The molecule has 4 rings (SSSR count). The molecule has 126 valence electrons. The first-order valence-corrected chi connectivity index (χ1v) is 8.89. The van der Waals surface area contributed by atoms with Gasteiger partial charge in [-0.3, -0.25) is 4.79 Å². The Kier molecular flexibility index (Phi) is 4.08. The van der Waals surface area contributed by atoms with Gasteiger partial charge in [0.2, 0.25) is 11.8 Å². The summed E-state index contributed by atoms with van der Waals surface area (Å²) in [5.74, 6) is 2.03. The summed E-state index contributed by atoms with van der Waals surface area (Å²) in [7, 11) is 0. The largest absolute Gasteiger partial charge is 0.342 e. The molecule has 1 aliphatic carbocycles. The Morgan fingerprint density at radius 3 is 2.75 bits per heavy atom. The lowest BCUT2D eigenvalue weighted by molar-refractivity contribution is -0.134. The van der Waals surface area contributed by atoms with Crippen LogP contribution in [0, 0.1) is 6.92 Å². The van der Waals surface area contributed by atoms with Crippen molar-refractivity contribution in [3.05, 3.63) is 47.1 Å². The number of aromatic nitrogens is 2. The molecule has 2 aliphatic rings. The minimum Gasteiger partial charge on any atom is -0.342 e. The fourth-order valence-corrected chi connectivity index (χ4v) is 4.06. The first kappa shape index (κ1) is 15.4. The Bertz CT molecular complexity index is 732. The molecule has 1 atom stereocenters. The summed E-state index contributed by atoms with van der Waals surface area (Å²) in [4.78, 5) is 19.4. The molecule has 1 saturated heterocycles. The van der Waals surface area contributed by atoms with Gasteiger partial charge in [-0.2, -0.15) is 4.98 Å². The second-order valence-electron chi connectivity index (χ2n) is 6.92. The second kappa shape index (κ2) is 6.38. The molecular formula is C19H23N3O2. The van der Waals surface area contributed by atoms with Gasteiger partial charge < -0.3 is 9.42 Å². The number of amides is 1. The molecule has 0 bridgehead atoms. The van der Waals surface area contributed by atoms with Crippen LogP contribution in [0.1, 0.15) is 60.4 Å². The molecule has 1 fully saturated rings. The van der Waals surface area contributed by atoms with E-state index in [1.54, 1.807) is 0 Å². The zero-order valence-corrected chi connectivity index (χ0v) is 14.1. The maximum Gasteiger partial charge on any atom is 0.230 e. The van der Waals surface area contributed by atoms with E-state index in [2.05, 4.69) is 34.4 Å². The monoisotopic (exact) mass is 325 g/mol. The average Bonchev–Trinajstić information content (AvgIpc) is 3.07. The smallest absolute Gasteiger partial charge is 0.230 e. The topological polar surface area (TPSA) is 59.2 Å². The van der Waals surface area contributed by atoms with Crippen molar-refractivity contribution in [2.45, 2.75) is 50.9 Å². The summed E-state index contributed by atoms with van der Waals surface area (Å²) in [6.07, 6.45) is 4.98. The molecule has 2 heterocycles. The second-order valence-corrected chi connectivity index (χ2v) is 6.92. The van der Waals surface area contributed by atoms with Crippen LogP contribution in [0.4, 0.5) is 0 Å². The van der Waals surface area contributed by atoms with E-state index in [4.69, 9.17) is 4.52 Å². The molecule has 0 radical (unpaired) electrons. The van der Waals surface area contributed by atoms with Crippen molar-refractivity contribution >= 4 is 5.91 Å². The van der Waals surface area contributed by atoms with Gasteiger partial charge in [0.15, 0.2) is 5.82 Å². The highest BCUT2D eigenvalue weighted by molar-refractivity contribution is 5.84. The molecule has 5 nitrogen and oxygen atoms in total. The van der Waals surface area contributed by atoms with Crippen LogP contribution in [0.15, 0.2) is 28.8 Å². The van der Waals surface area contributed by atoms with Crippen LogP contribution in [-0.4, -0.2) is 34.0 Å². The predicted molar refractivity (Wildman–Crippen MR) is 89.7 cm³/mol. The van der Waals surface area contributed by atoms with Crippen LogP contribution in [-0.2, 0) is 11.2 Å². The van der Waals surface area contributed by atoms with Gasteiger partial charge in [-0.25, -0.2) is 0 Å². The Labute approximate surface area is 142 Å². The maximum absolute atomic E-state index is 13.0. The standard InChI is InChI=1S/C19H23N3O2/c1-13-20-18(24-21-13)15-9-11-22(12-10-15)19(23)17-8-4-6-14-5-2-3-7-16(14)17/h2-3,5,7,15,17H,4,6,8-12H2,1H3/t17-/m0/s1. The molecule has 1 aliphatic heterocycles. The van der Waals surface area contributed by atoms with E-state index in [1.165, 1.54) is 11.1 Å². The minimum absolute atomic E-state index is 0.0390. The number of piperidine rings is 1. The summed E-state index contributed by atoms with van der Waals surface area (Å²) in [6.45, 7) is 3.40. The number of benzene rings is 1. The number of fused-ring (bicyclic) bond motifs is 1. The van der Waals surface area contributed by atoms with E-state index >= 15 is 0 Å². The van der Waals surface area contributed by atoms with Crippen LogP contribution < -0.4 is 0 Å². The van der Waals surface area contributed by atoms with Crippen molar-refractivity contribution in [1.29, 1.82) is 0 Å². The molecule has 1 aromatic carbocycles. The normalized spacial score (nSPS) is 21.5. The number of rotatable bonds is 2. The summed E-state index contributed by atoms with van der Waals surface area (Å²) < 4.78 is 5.30. The zero-order chi connectivity index (χ0) is 16.5. The van der Waals surface area contributed by atoms with Crippen LogP contribution in [0.25, 0.3) is 0 Å². The molecule has 0 saturated carbocycles. The van der Waals surface area contributed by atoms with E-state index in [0.717, 1.165) is 51.1 Å². The van der Waals surface area contributed by atoms with Crippen LogP contribution in [0.5, 0.6) is 0 Å². The quantitative estimate of drug-likeness (QED) is 0.851. The number of nitrogens with zero attached hydrogens (tertiary/aromatic N) is 3. The third-order valence-electron chi connectivity index (χ3n) is 5.37. The first-order chi connectivity index (χ1) is 11.7. The van der Waals surface area contributed by atoms with Gasteiger partial charge in [0.1, 0.15) is 0 Å². The third kappa shape index (κ3) is 2.83. The van der Waals surface area contributed by atoms with Crippen LogP contribution in [0.3, 0.4) is 0 Å². The highest BCUT2D eigenvalue weighted by atomic mass is 16.5. The molecule has 0 spiro atoms. The van der Waals surface area contributed by atoms with E-state index < -0.39 is 0 Å². The average molecular weight is 325 g/mol. The number of aryl methyl sites for hydroxylation is 2. The summed E-state index contributed by atoms with van der Waals surface area (Å²) in [6, 6.07) is 8.42. The van der Waals surface area contributed by atoms with Gasteiger partial charge in [0.25, 0.3) is 0 Å². The SMILES string of the molecule is Cc1noc(C2CCN(C(=O)[C@H]3CCCc4ccccc43)CC2)n1. The summed E-state index contributed by atoms with van der Waals surface area (Å²) in [5, 5.41) is 3.88. The van der Waals surface area contributed by atoms with Crippen molar-refractivity contribution < 1.29 is 9.32 Å². The fourth-order valence-electron chi connectivity index (χ4n) is 4.06. The molecule has 5 heteroatoms. The van der Waals surface area contributed by atoms with E-state index in [9.17, 15) is 4.79 Å². The number of carbonyl (C=O) groups is 1. The molecule has 0 N–H and O–H groups in total. The van der Waals surface area contributed by atoms with Gasteiger partial charge in [-0.15, -0.1) is 0 Å². The van der Waals surface area contributed by atoms with Crippen LogP contribution in [0.2, 0.25) is 0 Å². The number of carbonyl (C=O) groups excluding carboxylic acids is 1. The summed E-state index contributed by atoms with van der Waals surface area (Å²) in [5.41, 5.74) is 2.58. The minimum atomic E-state index is 0.0390. The van der Waals surface area contributed by atoms with Crippen molar-refractivity contribution in [3.8, 4) is 0 Å². The summed E-state index contributed by atoms with van der Waals surface area (Å²) >= 11 is 0. The number of hydrogen-bond donors (Lipinski definition) is 0. The predicted octanol–water partition coefficient (Wildman–Crippen LogP) is 3.20. The molecular weight excluding hydrogens is 302 g/mol. The lowest BCUT2D eigenvalue weighted by atomic mass is 9.81. The highest BCUT2D eigenvalue weighted by Gasteiger charge is 2.33. The Morgan fingerprint density at radius 2 is 2.00 bits per heavy atom. The Morgan fingerprint density at radius 1 is 1.21 bits per heavy atom. The van der Waals surface area contributed by atoms with Gasteiger partial charge in [0, 0.05) is 19.0 Å². The van der Waals surface area contributed by atoms with Crippen LogP contribution >= 0.6 is 0 Å². The van der Waals surface area contributed by atoms with Crippen molar-refractivity contribution in [2.75, 3.05) is 13.1 Å². The van der Waals surface area contributed by atoms with Gasteiger partial charge in [-0.05, 0) is 50.2 Å².